The molecule has 1 aromatic carbocycles. The third kappa shape index (κ3) is 6.11. The van der Waals surface area contributed by atoms with Crippen LogP contribution in [0, 0.1) is 23.6 Å². The summed E-state index contributed by atoms with van der Waals surface area (Å²) in [6.07, 6.45) is 17.9. The predicted molar refractivity (Wildman–Crippen MR) is 150 cm³/mol. The zero-order chi connectivity index (χ0) is 26.6. The molecule has 208 valence electrons. The highest BCUT2D eigenvalue weighted by atomic mass is 19.1. The molecule has 0 radical (unpaired) electrons. The van der Waals surface area contributed by atoms with Crippen molar-refractivity contribution in [3.05, 3.63) is 59.0 Å². The molecule has 7 nitrogen and oxygen atoms in total. The van der Waals surface area contributed by atoms with Crippen molar-refractivity contribution < 1.29 is 9.13 Å². The second kappa shape index (κ2) is 12.0. The van der Waals surface area contributed by atoms with Gasteiger partial charge in [0.15, 0.2) is 0 Å². The molecule has 1 atom stereocenters. The first kappa shape index (κ1) is 26.2. The Morgan fingerprint density at radius 3 is 2.38 bits per heavy atom. The number of anilines is 1. The number of ether oxygens (including phenoxy) is 1. The van der Waals surface area contributed by atoms with Crippen LogP contribution in [0.4, 0.5) is 10.3 Å². The molecule has 1 aliphatic heterocycles. The number of nitrogens with zero attached hydrogens (tertiary/aromatic N) is 4. The maximum absolute atomic E-state index is 13.7. The number of nitrogens with one attached hydrogen (secondary N) is 1. The Balaban J connectivity index is 1.21. The average Bonchev–Trinajstić information content (AvgIpc) is 3.48. The molecule has 2 aliphatic carbocycles. The van der Waals surface area contributed by atoms with Crippen molar-refractivity contribution in [2.75, 3.05) is 18.5 Å². The molecule has 2 saturated carbocycles. The van der Waals surface area contributed by atoms with Gasteiger partial charge in [-0.05, 0) is 74.3 Å². The Labute approximate surface area is 229 Å². The van der Waals surface area contributed by atoms with Crippen LogP contribution in [0.5, 0.6) is 0 Å². The number of rotatable bonds is 7. The van der Waals surface area contributed by atoms with Crippen molar-refractivity contribution in [1.82, 2.24) is 19.1 Å². The Bertz CT molecular complexity index is 1280. The van der Waals surface area contributed by atoms with Gasteiger partial charge in [0.25, 0.3) is 0 Å². The van der Waals surface area contributed by atoms with Crippen molar-refractivity contribution in [3.63, 3.8) is 0 Å². The lowest BCUT2D eigenvalue weighted by molar-refractivity contribution is 0.182. The van der Waals surface area contributed by atoms with Gasteiger partial charge in [-0.25, -0.2) is 19.2 Å². The zero-order valence-electron chi connectivity index (χ0n) is 22.7. The van der Waals surface area contributed by atoms with Gasteiger partial charge in [0.05, 0.1) is 23.7 Å². The summed E-state index contributed by atoms with van der Waals surface area (Å²) < 4.78 is 22.6. The van der Waals surface area contributed by atoms with Crippen LogP contribution in [0.2, 0.25) is 0 Å². The van der Waals surface area contributed by atoms with Gasteiger partial charge in [-0.15, -0.1) is 0 Å². The van der Waals surface area contributed by atoms with E-state index in [0.29, 0.717) is 48.1 Å². The predicted octanol–water partition coefficient (Wildman–Crippen LogP) is 6.21. The monoisotopic (exact) mass is 533 g/mol. The Morgan fingerprint density at radius 2 is 1.67 bits per heavy atom. The SMILES string of the molecule is O=c1n(CC2CCOC2)cc(-c2ccnc(NC3CCC(C4CCCCCC4)CC3)n2)n1-c1ccc(F)cc1. The molecule has 0 spiro atoms. The molecule has 8 heteroatoms. The summed E-state index contributed by atoms with van der Waals surface area (Å²) in [4.78, 5) is 22.9. The lowest BCUT2D eigenvalue weighted by atomic mass is 9.75. The Kier molecular flexibility index (Phi) is 8.09. The molecule has 3 aliphatic rings. The van der Waals surface area contributed by atoms with Gasteiger partial charge < -0.3 is 10.1 Å². The van der Waals surface area contributed by atoms with Gasteiger partial charge in [-0.1, -0.05) is 38.5 Å². The quantitative estimate of drug-likeness (QED) is 0.366. The molecule has 3 aromatic rings. The number of imidazole rings is 1. The molecule has 39 heavy (non-hydrogen) atoms. The summed E-state index contributed by atoms with van der Waals surface area (Å²) in [6, 6.07) is 8.24. The van der Waals surface area contributed by atoms with Gasteiger partial charge in [0, 0.05) is 37.5 Å². The minimum absolute atomic E-state index is 0.159. The van der Waals surface area contributed by atoms with E-state index in [9.17, 15) is 9.18 Å². The van der Waals surface area contributed by atoms with Gasteiger partial charge >= 0.3 is 5.69 Å². The number of hydrogen-bond donors (Lipinski definition) is 1. The number of halogens is 1. The summed E-state index contributed by atoms with van der Waals surface area (Å²) in [5.41, 5.74) is 1.80. The highest BCUT2D eigenvalue weighted by Crippen LogP contribution is 2.38. The van der Waals surface area contributed by atoms with Gasteiger partial charge in [-0.3, -0.25) is 9.13 Å². The van der Waals surface area contributed by atoms with Crippen LogP contribution in [-0.2, 0) is 11.3 Å². The van der Waals surface area contributed by atoms with E-state index in [1.165, 1.54) is 63.5 Å². The van der Waals surface area contributed by atoms with Crippen molar-refractivity contribution in [2.45, 2.75) is 83.2 Å². The van der Waals surface area contributed by atoms with E-state index in [0.717, 1.165) is 37.7 Å². The van der Waals surface area contributed by atoms with Gasteiger partial charge in [-0.2, -0.15) is 0 Å². The van der Waals surface area contributed by atoms with Crippen molar-refractivity contribution in [1.29, 1.82) is 0 Å². The largest absolute Gasteiger partial charge is 0.381 e. The molecule has 0 amide bonds. The first-order valence-corrected chi connectivity index (χ1v) is 14.9. The Morgan fingerprint density at radius 1 is 0.923 bits per heavy atom. The maximum Gasteiger partial charge on any atom is 0.333 e. The van der Waals surface area contributed by atoms with E-state index in [4.69, 9.17) is 9.72 Å². The minimum Gasteiger partial charge on any atom is -0.381 e. The van der Waals surface area contributed by atoms with Crippen LogP contribution in [0.15, 0.2) is 47.5 Å². The molecule has 0 bridgehead atoms. The molecular formula is C31H40FN5O2. The first-order chi connectivity index (χ1) is 19.1. The van der Waals surface area contributed by atoms with Crippen molar-refractivity contribution in [2.24, 2.45) is 17.8 Å². The summed E-state index contributed by atoms with van der Waals surface area (Å²) in [7, 11) is 0. The average molecular weight is 534 g/mol. The number of hydrogen-bond acceptors (Lipinski definition) is 5. The summed E-state index contributed by atoms with van der Waals surface area (Å²) in [6.45, 7) is 1.98. The molecule has 2 aromatic heterocycles. The van der Waals surface area contributed by atoms with Crippen LogP contribution in [-0.4, -0.2) is 38.4 Å². The van der Waals surface area contributed by atoms with Crippen LogP contribution in [0.25, 0.3) is 17.1 Å². The van der Waals surface area contributed by atoms with Crippen molar-refractivity contribution >= 4 is 5.95 Å². The third-order valence-corrected chi connectivity index (χ3v) is 9.11. The topological polar surface area (TPSA) is 74.0 Å². The molecule has 6 rings (SSSR count). The van der Waals surface area contributed by atoms with E-state index in [2.05, 4.69) is 10.3 Å². The molecule has 3 heterocycles. The molecule has 1 N–H and O–H groups in total. The highest BCUT2D eigenvalue weighted by Gasteiger charge is 2.28. The lowest BCUT2D eigenvalue weighted by Crippen LogP contribution is -2.29. The van der Waals surface area contributed by atoms with E-state index < -0.39 is 0 Å². The first-order valence-electron chi connectivity index (χ1n) is 14.9. The third-order valence-electron chi connectivity index (χ3n) is 9.11. The van der Waals surface area contributed by atoms with Crippen molar-refractivity contribution in [3.8, 4) is 17.1 Å². The number of benzene rings is 1. The van der Waals surface area contributed by atoms with E-state index in [1.54, 1.807) is 27.5 Å². The fraction of sp³-hybridized carbons (Fsp3) is 0.581. The van der Waals surface area contributed by atoms with Gasteiger partial charge in [0.2, 0.25) is 5.95 Å². The standard InChI is InChI=1S/C31H40FN5O2/c32-25-9-13-27(14-10-25)37-29(20-36(31(37)38)19-22-16-18-39-21-22)28-15-17-33-30(35-28)34-26-11-7-24(8-12-26)23-5-3-1-2-4-6-23/h9-10,13-15,17,20,22-24,26H,1-8,11-12,16,18-19,21H2,(H,33,34,35). The summed E-state index contributed by atoms with van der Waals surface area (Å²) in [5, 5.41) is 3.59. The molecule has 3 fully saturated rings. The molecule has 1 saturated heterocycles. The maximum atomic E-state index is 13.7. The summed E-state index contributed by atoms with van der Waals surface area (Å²) in [5.74, 6) is 2.34. The molecule has 1 unspecified atom stereocenters. The molecular weight excluding hydrogens is 493 g/mol. The summed E-state index contributed by atoms with van der Waals surface area (Å²) >= 11 is 0. The second-order valence-corrected chi connectivity index (χ2v) is 11.8. The van der Waals surface area contributed by atoms with Crippen LogP contribution >= 0.6 is 0 Å². The van der Waals surface area contributed by atoms with E-state index >= 15 is 0 Å². The number of aromatic nitrogens is 4. The van der Waals surface area contributed by atoms with Crippen LogP contribution in [0.3, 0.4) is 0 Å². The highest BCUT2D eigenvalue weighted by molar-refractivity contribution is 5.59. The lowest BCUT2D eigenvalue weighted by Gasteiger charge is -2.34. The zero-order valence-corrected chi connectivity index (χ0v) is 22.7. The Hall–Kier alpha value is -3.00. The van der Waals surface area contributed by atoms with Crippen LogP contribution < -0.4 is 11.0 Å². The normalized spacial score (nSPS) is 24.5. The minimum atomic E-state index is -0.335. The van der Waals surface area contributed by atoms with Crippen LogP contribution in [0.1, 0.15) is 70.6 Å². The van der Waals surface area contributed by atoms with E-state index in [-0.39, 0.29) is 11.5 Å². The van der Waals surface area contributed by atoms with E-state index in [1.807, 2.05) is 12.3 Å². The second-order valence-electron chi connectivity index (χ2n) is 11.8. The fourth-order valence-corrected chi connectivity index (χ4v) is 6.92. The van der Waals surface area contributed by atoms with Gasteiger partial charge in [0.1, 0.15) is 5.82 Å². The smallest absolute Gasteiger partial charge is 0.333 e. The fourth-order valence-electron chi connectivity index (χ4n) is 6.92.